The van der Waals surface area contributed by atoms with Crippen LogP contribution >= 0.6 is 11.3 Å². The highest BCUT2D eigenvalue weighted by Crippen LogP contribution is 2.33. The highest BCUT2D eigenvalue weighted by atomic mass is 32.1. The number of benzene rings is 3. The van der Waals surface area contributed by atoms with Crippen LogP contribution in [0, 0.1) is 17.7 Å². The highest BCUT2D eigenvalue weighted by Gasteiger charge is 2.39. The van der Waals surface area contributed by atoms with Crippen LogP contribution in [0.4, 0.5) is 13.2 Å². The smallest absolute Gasteiger partial charge is 0.397 e. The van der Waals surface area contributed by atoms with Gasteiger partial charge in [-0.3, -0.25) is 19.4 Å². The molecule has 1 aromatic heterocycles. The summed E-state index contributed by atoms with van der Waals surface area (Å²) in [5.74, 6) is -2.86. The molecule has 2 aliphatic heterocycles. The molecule has 6 rings (SSSR count). The molecule has 1 fully saturated rings. The number of hydrogen-bond donors (Lipinski definition) is 2. The predicted molar refractivity (Wildman–Crippen MR) is 217 cm³/mol. The Morgan fingerprint density at radius 3 is 2.30 bits per heavy atom. The van der Waals surface area contributed by atoms with E-state index in [4.69, 9.17) is 9.73 Å². The summed E-state index contributed by atoms with van der Waals surface area (Å²) >= 11 is 1.38. The van der Waals surface area contributed by atoms with Gasteiger partial charge in [0.05, 0.1) is 16.5 Å². The average Bonchev–Trinajstić information content (AvgIpc) is 3.57. The minimum Gasteiger partial charge on any atom is -0.481 e. The monoisotopic (exact) mass is 797 g/mol. The van der Waals surface area contributed by atoms with Crippen molar-refractivity contribution in [2.45, 2.75) is 71.4 Å². The van der Waals surface area contributed by atoms with Crippen molar-refractivity contribution in [3.8, 4) is 16.9 Å². The first-order valence-electron chi connectivity index (χ1n) is 19.0. The summed E-state index contributed by atoms with van der Waals surface area (Å²) in [4.78, 5) is 46.3. The van der Waals surface area contributed by atoms with Crippen molar-refractivity contribution >= 4 is 40.4 Å². The van der Waals surface area contributed by atoms with E-state index in [1.54, 1.807) is 36.5 Å². The maximum absolute atomic E-state index is 15.7. The number of rotatable bonds is 13. The molecule has 0 aliphatic carbocycles. The summed E-state index contributed by atoms with van der Waals surface area (Å²) in [6.45, 7) is 9.75. The lowest BCUT2D eigenvalue weighted by molar-refractivity contribution is -0.177. The second-order valence-corrected chi connectivity index (χ2v) is 16.5. The molecule has 2 N–H and O–H groups in total. The number of carbonyl (C=O) groups excluding carboxylic acids is 2. The van der Waals surface area contributed by atoms with E-state index in [9.17, 15) is 28.3 Å². The standard InChI is InChI=1S/C45H46F3N3O5S/c1-6-28-15-16-32(35-18-17-31(23-36(35)46)30-9-8-10-34(22-30)56-45(47,48)7-2)24-49-40(28)29-13-11-27(12-14-29)21-37(42(53)51-25-33(26-51)43(54)55)50-41(52)38-19-20-39(57-38)44(3,4)5/h8-20,22-24,28,33,37H,6-7,21,25-26H2,1-5H3,(H,50,52)(H,54,55)/t28?,37-/m0/s1. The number of allylic oxidation sites excluding steroid dienone is 3. The number of halogens is 3. The Balaban J connectivity index is 1.20. The van der Waals surface area contributed by atoms with Crippen molar-refractivity contribution in [3.63, 3.8) is 0 Å². The lowest BCUT2D eigenvalue weighted by Crippen LogP contribution is -2.59. The summed E-state index contributed by atoms with van der Waals surface area (Å²) in [7, 11) is 0. The van der Waals surface area contributed by atoms with Crippen LogP contribution < -0.4 is 10.1 Å². The van der Waals surface area contributed by atoms with Crippen LogP contribution in [0.5, 0.6) is 5.75 Å². The van der Waals surface area contributed by atoms with Gasteiger partial charge in [0, 0.05) is 54.1 Å². The van der Waals surface area contributed by atoms with Crippen LogP contribution in [0.15, 0.2) is 102 Å². The molecule has 2 atom stereocenters. The van der Waals surface area contributed by atoms with Crippen molar-refractivity contribution < 1.29 is 37.4 Å². The summed E-state index contributed by atoms with van der Waals surface area (Å²) < 4.78 is 48.2. The van der Waals surface area contributed by atoms with Gasteiger partial charge in [-0.15, -0.1) is 11.3 Å². The number of amides is 2. The Morgan fingerprint density at radius 1 is 0.965 bits per heavy atom. The van der Waals surface area contributed by atoms with Crippen molar-refractivity contribution in [2.24, 2.45) is 16.8 Å². The number of ether oxygens (including phenoxy) is 1. The van der Waals surface area contributed by atoms with Crippen molar-refractivity contribution in [1.29, 1.82) is 0 Å². The predicted octanol–water partition coefficient (Wildman–Crippen LogP) is 9.54. The number of aliphatic imine (C=N–C) groups is 1. The number of nitrogens with zero attached hydrogens (tertiary/aromatic N) is 2. The lowest BCUT2D eigenvalue weighted by Gasteiger charge is -2.38. The highest BCUT2D eigenvalue weighted by molar-refractivity contribution is 7.14. The fraction of sp³-hybridized carbons (Fsp3) is 0.333. The van der Waals surface area contributed by atoms with Crippen LogP contribution in [0.3, 0.4) is 0 Å². The lowest BCUT2D eigenvalue weighted by atomic mass is 9.92. The van der Waals surface area contributed by atoms with Gasteiger partial charge in [-0.25, -0.2) is 4.39 Å². The zero-order valence-corrected chi connectivity index (χ0v) is 33.3. The van der Waals surface area contributed by atoms with Crippen LogP contribution in [-0.4, -0.2) is 58.7 Å². The third-order valence-corrected chi connectivity index (χ3v) is 11.7. The van der Waals surface area contributed by atoms with Crippen LogP contribution in [0.1, 0.15) is 78.7 Å². The third-order valence-electron chi connectivity index (χ3n) is 10.2. The van der Waals surface area contributed by atoms with E-state index in [0.717, 1.165) is 28.1 Å². The molecule has 0 radical (unpaired) electrons. The molecule has 0 saturated carbocycles. The molecule has 3 heterocycles. The molecule has 4 aromatic rings. The quantitative estimate of drug-likeness (QED) is 0.140. The van der Waals surface area contributed by atoms with Gasteiger partial charge in [0.15, 0.2) is 0 Å². The van der Waals surface area contributed by atoms with Crippen molar-refractivity contribution in [2.75, 3.05) is 13.1 Å². The van der Waals surface area contributed by atoms with Gasteiger partial charge < -0.3 is 20.1 Å². The van der Waals surface area contributed by atoms with E-state index in [1.807, 2.05) is 49.4 Å². The summed E-state index contributed by atoms with van der Waals surface area (Å²) in [6.07, 6.45) is 2.61. The van der Waals surface area contributed by atoms with Gasteiger partial charge in [-0.2, -0.15) is 8.78 Å². The molecule has 1 saturated heterocycles. The summed E-state index contributed by atoms with van der Waals surface area (Å²) in [5.41, 5.74) is 4.22. The zero-order chi connectivity index (χ0) is 41.1. The number of aliphatic carboxylic acids is 1. The Labute approximate surface area is 334 Å². The fourth-order valence-electron chi connectivity index (χ4n) is 6.65. The number of nitrogens with one attached hydrogen (secondary N) is 1. The molecule has 57 heavy (non-hydrogen) atoms. The molecule has 12 heteroatoms. The molecular weight excluding hydrogens is 752 g/mol. The van der Waals surface area contributed by atoms with Gasteiger partial charge >= 0.3 is 12.1 Å². The van der Waals surface area contributed by atoms with E-state index in [2.05, 4.69) is 26.1 Å². The molecule has 0 spiro atoms. The first-order valence-corrected chi connectivity index (χ1v) is 19.8. The zero-order valence-electron chi connectivity index (χ0n) is 32.5. The summed E-state index contributed by atoms with van der Waals surface area (Å²) in [6, 6.07) is 21.3. The third kappa shape index (κ3) is 9.73. The number of hydrogen-bond acceptors (Lipinski definition) is 6. The number of likely N-dealkylation sites (tertiary alicyclic amines) is 1. The minimum atomic E-state index is -3.31. The number of carboxylic acids is 1. The summed E-state index contributed by atoms with van der Waals surface area (Å²) in [5, 5.41) is 12.3. The van der Waals surface area contributed by atoms with E-state index >= 15 is 4.39 Å². The van der Waals surface area contributed by atoms with Gasteiger partial charge in [0.1, 0.15) is 17.6 Å². The Bertz CT molecular complexity index is 2230. The molecular formula is C45H46F3N3O5S. The van der Waals surface area contributed by atoms with Crippen LogP contribution in [-0.2, 0) is 21.4 Å². The van der Waals surface area contributed by atoms with E-state index in [1.165, 1.54) is 41.4 Å². The van der Waals surface area contributed by atoms with Gasteiger partial charge in [-0.05, 0) is 64.4 Å². The largest absolute Gasteiger partial charge is 0.481 e. The maximum Gasteiger partial charge on any atom is 0.397 e. The second kappa shape index (κ2) is 16.9. The van der Waals surface area contributed by atoms with Gasteiger partial charge in [0.2, 0.25) is 5.91 Å². The molecule has 1 unspecified atom stereocenters. The molecule has 0 bridgehead atoms. The van der Waals surface area contributed by atoms with Crippen LogP contribution in [0.2, 0.25) is 0 Å². The van der Waals surface area contributed by atoms with Crippen molar-refractivity contribution in [3.05, 3.63) is 129 Å². The first-order chi connectivity index (χ1) is 27.0. The number of alkyl halides is 2. The normalized spacial score (nSPS) is 16.6. The first kappa shape index (κ1) is 41.2. The Morgan fingerprint density at radius 2 is 1.67 bits per heavy atom. The molecule has 8 nitrogen and oxygen atoms in total. The molecule has 298 valence electrons. The molecule has 2 aliphatic rings. The Hall–Kier alpha value is -5.49. The average molecular weight is 798 g/mol. The molecule has 3 aromatic carbocycles. The fourth-order valence-corrected chi connectivity index (χ4v) is 7.62. The van der Waals surface area contributed by atoms with Crippen molar-refractivity contribution in [1.82, 2.24) is 10.2 Å². The Kier molecular flexibility index (Phi) is 12.2. The van der Waals surface area contributed by atoms with E-state index in [0.29, 0.717) is 27.1 Å². The van der Waals surface area contributed by atoms with Gasteiger partial charge in [0.25, 0.3) is 5.91 Å². The van der Waals surface area contributed by atoms with Gasteiger partial charge in [-0.1, -0.05) is 95.3 Å². The number of thiophene rings is 1. The molecule has 2 amide bonds. The minimum absolute atomic E-state index is 0.00923. The number of carboxylic acid groups (broad SMARTS) is 1. The SMILES string of the molecule is CCC1C=CC(c2ccc(-c3cccc(OC(F)(F)CC)c3)cc2F)=CN=C1c1ccc(C[C@H](NC(=O)c2ccc(C(C)(C)C)s2)C(=O)N2CC(C(=O)O)C2)cc1. The van der Waals surface area contributed by atoms with E-state index < -0.39 is 36.3 Å². The van der Waals surface area contributed by atoms with Crippen LogP contribution in [0.25, 0.3) is 16.7 Å². The van der Waals surface area contributed by atoms with E-state index in [-0.39, 0.29) is 48.4 Å². The number of carbonyl (C=O) groups is 3. The maximum atomic E-state index is 15.7. The topological polar surface area (TPSA) is 108 Å². The second-order valence-electron chi connectivity index (χ2n) is 15.4.